The lowest BCUT2D eigenvalue weighted by molar-refractivity contribution is -0.674. The molecule has 2 rings (SSSR count). The van der Waals surface area contributed by atoms with Gasteiger partial charge in [0.15, 0.2) is 12.4 Å². The van der Waals surface area contributed by atoms with E-state index in [2.05, 4.69) is 33.4 Å². The molecule has 0 aliphatic heterocycles. The Balaban J connectivity index is 2.29. The molecule has 0 aliphatic rings. The van der Waals surface area contributed by atoms with Crippen LogP contribution in [0.4, 0.5) is 0 Å². The van der Waals surface area contributed by atoms with Crippen LogP contribution in [0.3, 0.4) is 0 Å². The molecular weight excluding hydrogens is 196 g/mol. The fourth-order valence-electron chi connectivity index (χ4n) is 1.59. The first-order valence-electron chi connectivity index (χ1n) is 5.35. The van der Waals surface area contributed by atoms with Crippen LogP contribution in [0.1, 0.15) is 11.4 Å². The second kappa shape index (κ2) is 4.71. The predicted molar refractivity (Wildman–Crippen MR) is 64.2 cm³/mol. The van der Waals surface area contributed by atoms with E-state index in [-0.39, 0.29) is 0 Å². The van der Waals surface area contributed by atoms with E-state index in [1.807, 2.05) is 50.8 Å². The third-order valence-electron chi connectivity index (χ3n) is 2.61. The van der Waals surface area contributed by atoms with Crippen LogP contribution in [-0.4, -0.2) is 0 Å². The molecule has 16 heavy (non-hydrogen) atoms. The number of pyridine rings is 2. The third kappa shape index (κ3) is 2.34. The molecule has 2 heterocycles. The van der Waals surface area contributed by atoms with Crippen molar-refractivity contribution < 1.29 is 9.13 Å². The first-order valence-corrected chi connectivity index (χ1v) is 5.35. The molecule has 2 heteroatoms. The Kier molecular flexibility index (Phi) is 3.10. The fourth-order valence-corrected chi connectivity index (χ4v) is 1.59. The van der Waals surface area contributed by atoms with Gasteiger partial charge in [0.05, 0.1) is 0 Å². The quantitative estimate of drug-likeness (QED) is 0.667. The summed E-state index contributed by atoms with van der Waals surface area (Å²) in [6.07, 6.45) is 8.33. The van der Waals surface area contributed by atoms with Crippen molar-refractivity contribution in [2.75, 3.05) is 0 Å². The van der Waals surface area contributed by atoms with Crippen LogP contribution >= 0.6 is 0 Å². The molecule has 0 fully saturated rings. The Morgan fingerprint density at radius 2 is 1.19 bits per heavy atom. The predicted octanol–water partition coefficient (Wildman–Crippen LogP) is 1.51. The van der Waals surface area contributed by atoms with Gasteiger partial charge in [-0.05, 0) is 12.1 Å². The Bertz CT molecular complexity index is 468. The first-order chi connectivity index (χ1) is 7.77. The molecule has 0 aliphatic carbocycles. The maximum absolute atomic E-state index is 2.12. The van der Waals surface area contributed by atoms with Crippen molar-refractivity contribution in [3.63, 3.8) is 0 Å². The van der Waals surface area contributed by atoms with E-state index in [9.17, 15) is 0 Å². The number of hydrogen-bond donors (Lipinski definition) is 0. The van der Waals surface area contributed by atoms with Gasteiger partial charge in [0, 0.05) is 36.4 Å². The number of rotatable bonds is 2. The van der Waals surface area contributed by atoms with Crippen molar-refractivity contribution in [3.05, 3.63) is 60.2 Å². The largest absolute Gasteiger partial charge is 0.205 e. The van der Waals surface area contributed by atoms with Crippen LogP contribution in [0.5, 0.6) is 0 Å². The summed E-state index contributed by atoms with van der Waals surface area (Å²) in [6.45, 7) is 0. The number of hydrogen-bond acceptors (Lipinski definition) is 0. The molecule has 0 saturated heterocycles. The van der Waals surface area contributed by atoms with Gasteiger partial charge in [-0.1, -0.05) is 0 Å². The molecule has 0 saturated carbocycles. The van der Waals surface area contributed by atoms with E-state index in [0.29, 0.717) is 0 Å². The highest BCUT2D eigenvalue weighted by Gasteiger charge is 2.02. The zero-order chi connectivity index (χ0) is 11.4. The summed E-state index contributed by atoms with van der Waals surface area (Å²) in [7, 11) is 4.09. The average Bonchev–Trinajstić information content (AvgIpc) is 2.30. The van der Waals surface area contributed by atoms with Gasteiger partial charge in [-0.25, -0.2) is 9.13 Å². The molecule has 0 spiro atoms. The number of nitrogens with zero attached hydrogens (tertiary/aromatic N) is 2. The fraction of sp³-hybridized carbons (Fsp3) is 0.143. The van der Waals surface area contributed by atoms with Crippen LogP contribution < -0.4 is 9.13 Å². The molecule has 2 aromatic rings. The third-order valence-corrected chi connectivity index (χ3v) is 2.61. The highest BCUT2D eigenvalue weighted by molar-refractivity contribution is 5.63. The lowest BCUT2D eigenvalue weighted by atomic mass is 10.2. The summed E-state index contributed by atoms with van der Waals surface area (Å²) >= 11 is 0. The topological polar surface area (TPSA) is 7.76 Å². The average molecular weight is 212 g/mol. The smallest absolute Gasteiger partial charge is 0.202 e. The van der Waals surface area contributed by atoms with E-state index >= 15 is 0 Å². The standard InChI is InChI=1S/C14H16N2/c1-15-11-5-3-7-13(15)9-10-14-8-4-6-12-16(14)2/h3-12H,1-2H3/q+2. The van der Waals surface area contributed by atoms with Crippen LogP contribution in [0.25, 0.3) is 12.2 Å². The molecule has 0 atom stereocenters. The van der Waals surface area contributed by atoms with E-state index in [4.69, 9.17) is 0 Å². The second-order valence-electron chi connectivity index (χ2n) is 3.81. The molecule has 0 amide bonds. The Morgan fingerprint density at radius 3 is 1.56 bits per heavy atom. The van der Waals surface area contributed by atoms with Crippen LogP contribution in [0.2, 0.25) is 0 Å². The van der Waals surface area contributed by atoms with Gasteiger partial charge in [0.1, 0.15) is 14.1 Å². The van der Waals surface area contributed by atoms with Gasteiger partial charge in [-0.2, -0.15) is 0 Å². The molecule has 0 N–H and O–H groups in total. The molecule has 0 bridgehead atoms. The minimum Gasteiger partial charge on any atom is -0.202 e. The summed E-state index contributed by atoms with van der Waals surface area (Å²) in [5, 5.41) is 0. The van der Waals surface area contributed by atoms with Crippen molar-refractivity contribution >= 4 is 12.2 Å². The Labute approximate surface area is 96.1 Å². The van der Waals surface area contributed by atoms with E-state index < -0.39 is 0 Å². The molecule has 0 radical (unpaired) electrons. The Hall–Kier alpha value is -1.96. The minimum atomic E-state index is 1.19. The van der Waals surface area contributed by atoms with Gasteiger partial charge < -0.3 is 0 Å². The van der Waals surface area contributed by atoms with Crippen LogP contribution in [-0.2, 0) is 14.1 Å². The van der Waals surface area contributed by atoms with Crippen LogP contribution in [0.15, 0.2) is 48.8 Å². The molecule has 2 aromatic heterocycles. The van der Waals surface area contributed by atoms with Crippen molar-refractivity contribution in [2.45, 2.75) is 0 Å². The van der Waals surface area contributed by atoms with Gasteiger partial charge in [-0.15, -0.1) is 0 Å². The van der Waals surface area contributed by atoms with Crippen molar-refractivity contribution in [1.82, 2.24) is 0 Å². The maximum Gasteiger partial charge on any atom is 0.205 e. The van der Waals surface area contributed by atoms with Gasteiger partial charge in [0.25, 0.3) is 0 Å². The SMILES string of the molecule is C[n+]1ccccc1C=Cc1cccc[n+]1C. The van der Waals surface area contributed by atoms with Gasteiger partial charge in [-0.3, -0.25) is 0 Å². The molecule has 0 aromatic carbocycles. The molecule has 2 nitrogen and oxygen atoms in total. The molecular formula is C14H16N2+2. The van der Waals surface area contributed by atoms with Crippen LogP contribution in [0, 0.1) is 0 Å². The van der Waals surface area contributed by atoms with Crippen molar-refractivity contribution in [2.24, 2.45) is 14.1 Å². The zero-order valence-electron chi connectivity index (χ0n) is 9.67. The van der Waals surface area contributed by atoms with E-state index in [1.165, 1.54) is 11.4 Å². The van der Waals surface area contributed by atoms with Crippen molar-refractivity contribution in [3.8, 4) is 0 Å². The lowest BCUT2D eigenvalue weighted by Gasteiger charge is -1.93. The van der Waals surface area contributed by atoms with Crippen molar-refractivity contribution in [1.29, 1.82) is 0 Å². The van der Waals surface area contributed by atoms with E-state index in [0.717, 1.165) is 0 Å². The normalized spacial score (nSPS) is 10.9. The molecule has 0 unspecified atom stereocenters. The first kappa shape index (κ1) is 10.6. The monoisotopic (exact) mass is 212 g/mol. The highest BCUT2D eigenvalue weighted by atomic mass is 14.9. The number of aryl methyl sites for hydroxylation is 2. The van der Waals surface area contributed by atoms with Gasteiger partial charge >= 0.3 is 0 Å². The number of aromatic nitrogens is 2. The summed E-state index contributed by atoms with van der Waals surface area (Å²) in [5.74, 6) is 0. The summed E-state index contributed by atoms with van der Waals surface area (Å²) in [4.78, 5) is 0. The van der Waals surface area contributed by atoms with Gasteiger partial charge in [0.2, 0.25) is 11.4 Å². The second-order valence-corrected chi connectivity index (χ2v) is 3.81. The highest BCUT2D eigenvalue weighted by Crippen LogP contribution is 2.00. The molecule has 80 valence electrons. The van der Waals surface area contributed by atoms with E-state index in [1.54, 1.807) is 0 Å². The maximum atomic E-state index is 2.12. The summed E-state index contributed by atoms with van der Waals surface area (Å²) in [6, 6.07) is 12.3. The lowest BCUT2D eigenvalue weighted by Crippen LogP contribution is -2.31. The Morgan fingerprint density at radius 1 is 0.750 bits per heavy atom. The summed E-state index contributed by atoms with van der Waals surface area (Å²) < 4.78 is 4.19. The summed E-state index contributed by atoms with van der Waals surface area (Å²) in [5.41, 5.74) is 2.37. The minimum absolute atomic E-state index is 1.19. The zero-order valence-corrected chi connectivity index (χ0v) is 9.67.